The minimum absolute atomic E-state index is 0.0182. The van der Waals surface area contributed by atoms with E-state index in [9.17, 15) is 48.3 Å². The van der Waals surface area contributed by atoms with E-state index in [1.54, 1.807) is 6.92 Å². The van der Waals surface area contributed by atoms with E-state index in [-0.39, 0.29) is 152 Å². The molecule has 70 heavy (non-hydrogen) atoms. The molecule has 0 saturated heterocycles. The first kappa shape index (κ1) is 65.8. The molecule has 22 heteroatoms. The van der Waals surface area contributed by atoms with E-state index in [1.165, 1.54) is 50.3 Å². The number of Topliss-reactive ketones (excluding diaryl/α,β-unsaturated/α-hetero) is 2. The first-order valence-corrected chi connectivity index (χ1v) is 26.1. The van der Waals surface area contributed by atoms with E-state index in [0.29, 0.717) is 18.6 Å². The maximum atomic E-state index is 12.4. The Morgan fingerprint density at radius 1 is 0.500 bits per heavy atom. The summed E-state index contributed by atoms with van der Waals surface area (Å²) in [4.78, 5) is 106. The maximum absolute atomic E-state index is 12.4. The number of rotatable bonds is 51. The zero-order valence-electron chi connectivity index (χ0n) is 41.5. The molecule has 0 aliphatic carbocycles. The van der Waals surface area contributed by atoms with Gasteiger partial charge in [0.05, 0.1) is 51.3 Å². The minimum atomic E-state index is -1.24. The van der Waals surface area contributed by atoms with Crippen molar-refractivity contribution >= 4 is 64.9 Å². The first-order valence-electron chi connectivity index (χ1n) is 25.0. The van der Waals surface area contributed by atoms with Crippen molar-refractivity contribution in [2.24, 2.45) is 11.8 Å². The molecule has 3 atom stereocenters. The quantitative estimate of drug-likeness (QED) is 0.0405. The fourth-order valence-electron chi connectivity index (χ4n) is 6.69. The number of hydrogen-bond donors (Lipinski definition) is 8. The second-order valence-corrected chi connectivity index (χ2v) is 18.2. The summed E-state index contributed by atoms with van der Waals surface area (Å²) < 4.78 is 21.4. The predicted octanol–water partition coefficient (Wildman–Crippen LogP) is 3.45. The molecule has 0 saturated carbocycles. The van der Waals surface area contributed by atoms with Gasteiger partial charge >= 0.3 is 17.9 Å². The summed E-state index contributed by atoms with van der Waals surface area (Å²) in [5, 5.41) is 46.7. The molecule has 404 valence electrons. The van der Waals surface area contributed by atoms with Gasteiger partial charge in [-0.3, -0.25) is 38.4 Å². The summed E-state index contributed by atoms with van der Waals surface area (Å²) in [6.07, 6.45) is 15.9. The highest BCUT2D eigenvalue weighted by Gasteiger charge is 2.24. The van der Waals surface area contributed by atoms with E-state index in [4.69, 9.17) is 34.3 Å². The molecule has 0 aromatic rings. The molecule has 0 aromatic heterocycles. The Hall–Kier alpha value is -4.22. The number of amides is 4. The number of aliphatic hydroxyl groups excluding tert-OH is 1. The number of ketones is 2. The fourth-order valence-corrected chi connectivity index (χ4v) is 7.64. The summed E-state index contributed by atoms with van der Waals surface area (Å²) in [6, 6.07) is -1.12. The Morgan fingerprint density at radius 2 is 0.986 bits per heavy atom. The lowest BCUT2D eigenvalue weighted by Gasteiger charge is -2.14. The Balaban J connectivity index is 3.70. The number of hydrogen-bond acceptors (Lipinski definition) is 15. The summed E-state index contributed by atoms with van der Waals surface area (Å²) in [5.74, 6) is -6.09. The Bertz CT molecular complexity index is 1490. The van der Waals surface area contributed by atoms with Gasteiger partial charge in [-0.25, -0.2) is 4.79 Å². The van der Waals surface area contributed by atoms with Gasteiger partial charge in [-0.15, -0.1) is 0 Å². The topological polar surface area (TPSA) is 320 Å². The van der Waals surface area contributed by atoms with Crippen LogP contribution in [0.15, 0.2) is 0 Å². The fraction of sp³-hybridized carbons (Fsp3) is 0.812. The number of carbonyl (C=O) groups is 9. The van der Waals surface area contributed by atoms with Crippen LogP contribution in [0.1, 0.15) is 142 Å². The van der Waals surface area contributed by atoms with Crippen LogP contribution in [0.2, 0.25) is 0 Å². The van der Waals surface area contributed by atoms with Crippen LogP contribution in [-0.4, -0.2) is 170 Å². The van der Waals surface area contributed by atoms with Crippen LogP contribution < -0.4 is 21.3 Å². The zero-order valence-corrected chi connectivity index (χ0v) is 42.3. The maximum Gasteiger partial charge on any atom is 0.326 e. The SMILES string of the molecule is C[C@@H](CSCC(=O)NCCNC(=O)COCCOCCNC(=O)COCCOCCCC(=O)CC[C@H](NC(=O)CCCCCCCCCCCCCCCCC(=O)O)C(=O)O)C(=O)C[C@@H](CO)C(=O)O. The van der Waals surface area contributed by atoms with Crippen LogP contribution in [0.3, 0.4) is 0 Å². The molecule has 0 spiro atoms. The third-order valence-corrected chi connectivity index (χ3v) is 12.1. The molecule has 21 nitrogen and oxygen atoms in total. The van der Waals surface area contributed by atoms with E-state index < -0.39 is 42.4 Å². The lowest BCUT2D eigenvalue weighted by Crippen LogP contribution is -2.41. The van der Waals surface area contributed by atoms with Gasteiger partial charge in [-0.05, 0) is 25.7 Å². The molecule has 0 aromatic carbocycles. The highest BCUT2D eigenvalue weighted by molar-refractivity contribution is 7.99. The molecule has 0 fully saturated rings. The van der Waals surface area contributed by atoms with Crippen LogP contribution in [0, 0.1) is 11.8 Å². The van der Waals surface area contributed by atoms with Crippen molar-refractivity contribution in [3.05, 3.63) is 0 Å². The van der Waals surface area contributed by atoms with Crippen LogP contribution in [-0.2, 0) is 62.1 Å². The number of aliphatic carboxylic acids is 3. The van der Waals surface area contributed by atoms with Gasteiger partial charge in [-0.2, -0.15) is 11.8 Å². The lowest BCUT2D eigenvalue weighted by atomic mass is 9.97. The molecule has 0 bridgehead atoms. The molecule has 0 heterocycles. The smallest absolute Gasteiger partial charge is 0.326 e. The number of nitrogens with one attached hydrogen (secondary N) is 4. The largest absolute Gasteiger partial charge is 0.481 e. The number of carboxylic acids is 3. The van der Waals surface area contributed by atoms with Gasteiger partial charge in [0.25, 0.3) is 0 Å². The third kappa shape index (κ3) is 42.6. The molecule has 4 amide bonds. The normalized spacial score (nSPS) is 12.4. The molecule has 0 rings (SSSR count). The van der Waals surface area contributed by atoms with Crippen molar-refractivity contribution in [1.29, 1.82) is 0 Å². The molecule has 0 unspecified atom stereocenters. The molecular formula is C48H84N4O17S. The zero-order chi connectivity index (χ0) is 52.0. The van der Waals surface area contributed by atoms with Gasteiger partial charge in [0.15, 0.2) is 0 Å². The van der Waals surface area contributed by atoms with Crippen LogP contribution >= 0.6 is 11.8 Å². The highest BCUT2D eigenvalue weighted by Crippen LogP contribution is 2.16. The summed E-state index contributed by atoms with van der Waals surface area (Å²) in [6.45, 7) is 2.44. The average molecular weight is 1020 g/mol. The predicted molar refractivity (Wildman–Crippen MR) is 261 cm³/mol. The molecule has 0 aliphatic rings. The van der Waals surface area contributed by atoms with Gasteiger partial charge in [0, 0.05) is 70.0 Å². The monoisotopic (exact) mass is 1020 g/mol. The lowest BCUT2D eigenvalue weighted by molar-refractivity contribution is -0.145. The second-order valence-electron chi connectivity index (χ2n) is 17.2. The highest BCUT2D eigenvalue weighted by atomic mass is 32.2. The van der Waals surface area contributed by atoms with Crippen LogP contribution in [0.4, 0.5) is 0 Å². The summed E-state index contributed by atoms with van der Waals surface area (Å²) in [5.41, 5.74) is 0. The number of carboxylic acid groups (broad SMARTS) is 3. The standard InChI is InChI=1S/C48H84N4O17S/c1-37(41(55)31-38(32-53)47(62)63)35-70-36-45(59)50-23-22-49-43(57)33-69-30-28-67-26-24-51-44(58)34-68-29-27-66-25-16-17-39(54)20-21-40(48(64)65)52-42(56)18-14-12-10-8-6-4-2-3-5-7-9-11-13-15-19-46(60)61/h37-38,40,53H,2-36H2,1H3,(H,49,57)(H,50,59)(H,51,58)(H,52,56)(H,60,61)(H,62,63)(H,64,65)/t37-,38-,40-/m0/s1. The van der Waals surface area contributed by atoms with E-state index in [0.717, 1.165) is 44.9 Å². The van der Waals surface area contributed by atoms with Gasteiger partial charge in [0.2, 0.25) is 23.6 Å². The number of aliphatic hydroxyl groups is 1. The van der Waals surface area contributed by atoms with Gasteiger partial charge in [0.1, 0.15) is 30.8 Å². The molecule has 0 radical (unpaired) electrons. The number of ether oxygens (including phenoxy) is 4. The van der Waals surface area contributed by atoms with Crippen LogP contribution in [0.25, 0.3) is 0 Å². The van der Waals surface area contributed by atoms with Crippen molar-refractivity contribution in [3.8, 4) is 0 Å². The second kappa shape index (κ2) is 45.9. The molecule has 0 aliphatic heterocycles. The Labute approximate surface area is 417 Å². The number of thioether (sulfide) groups is 1. The summed E-state index contributed by atoms with van der Waals surface area (Å²) in [7, 11) is 0. The van der Waals surface area contributed by atoms with Crippen molar-refractivity contribution in [3.63, 3.8) is 0 Å². The van der Waals surface area contributed by atoms with E-state index in [1.807, 2.05) is 0 Å². The van der Waals surface area contributed by atoms with Crippen molar-refractivity contribution in [1.82, 2.24) is 21.3 Å². The molecule has 8 N–H and O–H groups in total. The van der Waals surface area contributed by atoms with Crippen molar-refractivity contribution in [2.75, 3.05) is 90.6 Å². The minimum Gasteiger partial charge on any atom is -0.481 e. The Kier molecular flexibility index (Phi) is 43.1. The van der Waals surface area contributed by atoms with Gasteiger partial charge < -0.3 is 60.6 Å². The molecular weight excluding hydrogens is 937 g/mol. The summed E-state index contributed by atoms with van der Waals surface area (Å²) >= 11 is 1.22. The third-order valence-electron chi connectivity index (χ3n) is 10.9. The van der Waals surface area contributed by atoms with E-state index >= 15 is 0 Å². The first-order chi connectivity index (χ1) is 33.7. The van der Waals surface area contributed by atoms with Crippen molar-refractivity contribution < 1.29 is 82.5 Å². The Morgan fingerprint density at radius 3 is 1.50 bits per heavy atom. The number of carbonyl (C=O) groups excluding carboxylic acids is 6. The number of unbranched alkanes of at least 4 members (excludes halogenated alkanes) is 13. The van der Waals surface area contributed by atoms with Crippen molar-refractivity contribution in [2.45, 2.75) is 148 Å². The van der Waals surface area contributed by atoms with Crippen LogP contribution in [0.5, 0.6) is 0 Å². The van der Waals surface area contributed by atoms with Gasteiger partial charge in [-0.1, -0.05) is 84.0 Å². The van der Waals surface area contributed by atoms with E-state index in [2.05, 4.69) is 21.3 Å². The average Bonchev–Trinajstić information content (AvgIpc) is 3.31.